The number of nitrogens with zero attached hydrogens (tertiary/aromatic N) is 1. The van der Waals surface area contributed by atoms with Crippen LogP contribution in [-0.2, 0) is 11.3 Å². The molecule has 0 unspecified atom stereocenters. The van der Waals surface area contributed by atoms with E-state index in [-0.39, 0.29) is 12.3 Å². The number of carbonyl (C=O) groups excluding carboxylic acids is 1. The second-order valence-electron chi connectivity index (χ2n) is 5.27. The summed E-state index contributed by atoms with van der Waals surface area (Å²) in [5.41, 5.74) is 1.87. The molecule has 128 valence electrons. The fourth-order valence-corrected chi connectivity index (χ4v) is 2.16. The van der Waals surface area contributed by atoms with E-state index >= 15 is 0 Å². The zero-order valence-corrected chi connectivity index (χ0v) is 13.8. The maximum atomic E-state index is 11.6. The maximum Gasteiger partial charge on any atom is 0.407 e. The number of alkyl carbamates (subject to hydrolysis) is 1. The van der Waals surface area contributed by atoms with E-state index < -0.39 is 11.0 Å². The van der Waals surface area contributed by atoms with Crippen LogP contribution in [-0.4, -0.2) is 17.6 Å². The van der Waals surface area contributed by atoms with Gasteiger partial charge in [0, 0.05) is 18.5 Å². The number of amides is 1. The molecule has 0 aliphatic heterocycles. The molecule has 2 aromatic carbocycles. The summed E-state index contributed by atoms with van der Waals surface area (Å²) >= 11 is 0. The van der Waals surface area contributed by atoms with Crippen molar-refractivity contribution in [1.82, 2.24) is 5.32 Å². The van der Waals surface area contributed by atoms with Crippen LogP contribution in [0.2, 0.25) is 0 Å². The van der Waals surface area contributed by atoms with E-state index in [1.807, 2.05) is 30.3 Å². The van der Waals surface area contributed by atoms with Crippen molar-refractivity contribution >= 4 is 11.8 Å². The van der Waals surface area contributed by atoms with E-state index in [0.29, 0.717) is 24.1 Å². The van der Waals surface area contributed by atoms with Gasteiger partial charge >= 0.3 is 6.09 Å². The molecule has 0 bridgehead atoms. The molecule has 0 radical (unpaired) electrons. The molecule has 0 aliphatic carbocycles. The van der Waals surface area contributed by atoms with Gasteiger partial charge in [-0.2, -0.15) is 0 Å². The third-order valence-corrected chi connectivity index (χ3v) is 3.38. The summed E-state index contributed by atoms with van der Waals surface area (Å²) in [6, 6.07) is 14.4. The standard InChI is InChI=1S/C19H18N2O4/c1-15-8-7-12-17(18(15)21(23)24)11-5-6-13-20-19(22)25-14-16-9-3-2-4-10-16/h2-4,7-10,12H,6,13-14H2,1H3,(H,20,22). The molecule has 6 heteroatoms. The normalized spacial score (nSPS) is 9.64. The number of carbonyl (C=O) groups is 1. The van der Waals surface area contributed by atoms with Gasteiger partial charge in [-0.3, -0.25) is 10.1 Å². The second-order valence-corrected chi connectivity index (χ2v) is 5.27. The summed E-state index contributed by atoms with van der Waals surface area (Å²) < 4.78 is 5.07. The number of rotatable bonds is 5. The molecule has 0 fully saturated rings. The van der Waals surface area contributed by atoms with Crippen molar-refractivity contribution in [3.05, 3.63) is 75.3 Å². The van der Waals surface area contributed by atoms with Crippen LogP contribution in [0.25, 0.3) is 0 Å². The Morgan fingerprint density at radius 2 is 1.96 bits per heavy atom. The lowest BCUT2D eigenvalue weighted by atomic mass is 10.1. The highest BCUT2D eigenvalue weighted by molar-refractivity contribution is 5.67. The molecule has 0 saturated carbocycles. The van der Waals surface area contributed by atoms with Crippen LogP contribution in [0.15, 0.2) is 48.5 Å². The number of nitrogens with one attached hydrogen (secondary N) is 1. The van der Waals surface area contributed by atoms with Crippen molar-refractivity contribution < 1.29 is 14.5 Å². The van der Waals surface area contributed by atoms with Crippen LogP contribution in [0.4, 0.5) is 10.5 Å². The first-order valence-electron chi connectivity index (χ1n) is 7.75. The molecule has 0 aliphatic rings. The second kappa shape index (κ2) is 9.08. The van der Waals surface area contributed by atoms with Gasteiger partial charge in [0.2, 0.25) is 0 Å². The lowest BCUT2D eigenvalue weighted by Gasteiger charge is -2.05. The summed E-state index contributed by atoms with van der Waals surface area (Å²) in [6.07, 6.45) is -0.155. The van der Waals surface area contributed by atoms with E-state index in [1.165, 1.54) is 0 Å². The van der Waals surface area contributed by atoms with Crippen molar-refractivity contribution in [3.8, 4) is 11.8 Å². The van der Waals surface area contributed by atoms with E-state index in [0.717, 1.165) is 5.56 Å². The number of nitro benzene ring substituents is 1. The zero-order chi connectivity index (χ0) is 18.1. The topological polar surface area (TPSA) is 81.5 Å². The van der Waals surface area contributed by atoms with Gasteiger partial charge in [0.1, 0.15) is 12.2 Å². The Morgan fingerprint density at radius 1 is 1.20 bits per heavy atom. The molecular formula is C19H18N2O4. The number of aryl methyl sites for hydroxylation is 1. The molecule has 1 amide bonds. The van der Waals surface area contributed by atoms with Gasteiger partial charge in [0.25, 0.3) is 5.69 Å². The average molecular weight is 338 g/mol. The maximum absolute atomic E-state index is 11.6. The molecular weight excluding hydrogens is 320 g/mol. The summed E-state index contributed by atoms with van der Waals surface area (Å²) in [5.74, 6) is 5.61. The fourth-order valence-electron chi connectivity index (χ4n) is 2.16. The smallest absolute Gasteiger partial charge is 0.407 e. The summed E-state index contributed by atoms with van der Waals surface area (Å²) in [5, 5.41) is 13.7. The van der Waals surface area contributed by atoms with Crippen LogP contribution in [0.1, 0.15) is 23.1 Å². The number of hydrogen-bond donors (Lipinski definition) is 1. The first-order chi connectivity index (χ1) is 12.1. The number of ether oxygens (including phenoxy) is 1. The Bertz CT molecular complexity index is 807. The predicted molar refractivity (Wildman–Crippen MR) is 94.0 cm³/mol. The molecule has 0 spiro atoms. The van der Waals surface area contributed by atoms with Gasteiger partial charge in [0.05, 0.1) is 4.92 Å². The summed E-state index contributed by atoms with van der Waals surface area (Å²) in [6.45, 7) is 2.18. The van der Waals surface area contributed by atoms with Crippen molar-refractivity contribution in [2.24, 2.45) is 0 Å². The predicted octanol–water partition coefficient (Wildman–Crippen LogP) is 3.57. The zero-order valence-electron chi connectivity index (χ0n) is 13.8. The van der Waals surface area contributed by atoms with Gasteiger partial charge in [-0.15, -0.1) is 0 Å². The highest BCUT2D eigenvalue weighted by Crippen LogP contribution is 2.21. The van der Waals surface area contributed by atoms with Gasteiger partial charge in [-0.05, 0) is 18.6 Å². The third kappa shape index (κ3) is 5.66. The molecule has 2 aromatic rings. The molecule has 0 saturated heterocycles. The summed E-state index contributed by atoms with van der Waals surface area (Å²) in [7, 11) is 0. The average Bonchev–Trinajstić information content (AvgIpc) is 2.60. The molecule has 0 heterocycles. The first kappa shape index (κ1) is 18.0. The molecule has 0 aromatic heterocycles. The van der Waals surface area contributed by atoms with Crippen molar-refractivity contribution in [2.75, 3.05) is 6.54 Å². The monoisotopic (exact) mass is 338 g/mol. The number of para-hydroxylation sites is 1. The van der Waals surface area contributed by atoms with Crippen LogP contribution < -0.4 is 5.32 Å². The Labute approximate surface area is 146 Å². The minimum Gasteiger partial charge on any atom is -0.445 e. The van der Waals surface area contributed by atoms with Crippen molar-refractivity contribution in [3.63, 3.8) is 0 Å². The largest absolute Gasteiger partial charge is 0.445 e. The summed E-state index contributed by atoms with van der Waals surface area (Å²) in [4.78, 5) is 22.2. The highest BCUT2D eigenvalue weighted by atomic mass is 16.6. The van der Waals surface area contributed by atoms with Gasteiger partial charge in [-0.25, -0.2) is 4.79 Å². The lowest BCUT2D eigenvalue weighted by molar-refractivity contribution is -0.385. The van der Waals surface area contributed by atoms with Crippen molar-refractivity contribution in [1.29, 1.82) is 0 Å². The minimum atomic E-state index is -0.521. The minimum absolute atomic E-state index is 0.0187. The number of benzene rings is 2. The SMILES string of the molecule is Cc1cccc(C#CCCNC(=O)OCc2ccccc2)c1[N+](=O)[O-]. The van der Waals surface area contributed by atoms with Crippen LogP contribution in [0.5, 0.6) is 0 Å². The van der Waals surface area contributed by atoms with Crippen LogP contribution >= 0.6 is 0 Å². The number of nitro groups is 1. The van der Waals surface area contributed by atoms with Gasteiger partial charge in [0.15, 0.2) is 0 Å². The molecule has 6 nitrogen and oxygen atoms in total. The van der Waals surface area contributed by atoms with E-state index in [1.54, 1.807) is 25.1 Å². The first-order valence-corrected chi connectivity index (χ1v) is 7.75. The molecule has 2 rings (SSSR count). The third-order valence-electron chi connectivity index (χ3n) is 3.38. The van der Waals surface area contributed by atoms with E-state index in [9.17, 15) is 14.9 Å². The van der Waals surface area contributed by atoms with E-state index in [4.69, 9.17) is 4.74 Å². The lowest BCUT2D eigenvalue weighted by Crippen LogP contribution is -2.24. The van der Waals surface area contributed by atoms with E-state index in [2.05, 4.69) is 17.2 Å². The van der Waals surface area contributed by atoms with Crippen LogP contribution in [0, 0.1) is 28.9 Å². The van der Waals surface area contributed by atoms with Crippen LogP contribution in [0.3, 0.4) is 0 Å². The van der Waals surface area contributed by atoms with Gasteiger partial charge in [-0.1, -0.05) is 54.3 Å². The highest BCUT2D eigenvalue weighted by Gasteiger charge is 2.14. The van der Waals surface area contributed by atoms with Crippen molar-refractivity contribution in [2.45, 2.75) is 20.0 Å². The molecule has 1 N–H and O–H groups in total. The Kier molecular flexibility index (Phi) is 6.55. The Hall–Kier alpha value is -3.33. The Balaban J connectivity index is 1.79. The fraction of sp³-hybridized carbons (Fsp3) is 0.211. The molecule has 0 atom stereocenters. The Morgan fingerprint density at radius 3 is 2.68 bits per heavy atom. The quantitative estimate of drug-likeness (QED) is 0.391. The number of hydrogen-bond acceptors (Lipinski definition) is 4. The molecule has 25 heavy (non-hydrogen) atoms. The van der Waals surface area contributed by atoms with Gasteiger partial charge < -0.3 is 10.1 Å².